The van der Waals surface area contributed by atoms with Gasteiger partial charge in [-0.3, -0.25) is 4.79 Å². The molecule has 4 rings (SSSR count). The van der Waals surface area contributed by atoms with Crippen molar-refractivity contribution >= 4 is 22.7 Å². The molecule has 136 valence electrons. The third kappa shape index (κ3) is 3.38. The highest BCUT2D eigenvalue weighted by molar-refractivity contribution is 6.05. The maximum Gasteiger partial charge on any atom is 0.272 e. The summed E-state index contributed by atoms with van der Waals surface area (Å²) in [5.41, 5.74) is 7.72. The Morgan fingerprint density at radius 3 is 2.48 bits per heavy atom. The van der Waals surface area contributed by atoms with E-state index in [9.17, 15) is 4.79 Å². The zero-order valence-electron chi connectivity index (χ0n) is 15.7. The van der Waals surface area contributed by atoms with Crippen molar-refractivity contribution in [3.05, 3.63) is 88.8 Å². The number of furan rings is 1. The van der Waals surface area contributed by atoms with E-state index in [2.05, 4.69) is 43.4 Å². The summed E-state index contributed by atoms with van der Waals surface area (Å²) >= 11 is 0. The second-order valence-corrected chi connectivity index (χ2v) is 7.02. The lowest BCUT2D eigenvalue weighted by atomic mass is 10.1. The molecule has 1 amide bonds. The van der Waals surface area contributed by atoms with Crippen LogP contribution in [-0.4, -0.2) is 10.5 Å². The summed E-state index contributed by atoms with van der Waals surface area (Å²) in [6, 6.07) is 18.0. The Hall–Kier alpha value is -3.27. The molecule has 0 aliphatic carbocycles. The molecule has 1 N–H and O–H groups in total. The average molecular weight is 358 g/mol. The van der Waals surface area contributed by atoms with E-state index in [0.717, 1.165) is 22.3 Å². The standard InChI is InChI=1S/C23H22N2O2/c1-15-4-7-18(8-5-15)14-25-20-10-11-27-22(20)13-21(25)23(26)24-19-9-6-16(2)17(3)12-19/h4-13H,14H2,1-3H3,(H,24,26). The van der Waals surface area contributed by atoms with Gasteiger partial charge in [-0.25, -0.2) is 0 Å². The van der Waals surface area contributed by atoms with Crippen molar-refractivity contribution in [1.82, 2.24) is 4.57 Å². The maximum absolute atomic E-state index is 13.0. The highest BCUT2D eigenvalue weighted by Crippen LogP contribution is 2.24. The minimum absolute atomic E-state index is 0.142. The van der Waals surface area contributed by atoms with E-state index >= 15 is 0 Å². The SMILES string of the molecule is Cc1ccc(Cn2c(C(=O)Nc3ccc(C)c(C)c3)cc3occc32)cc1. The van der Waals surface area contributed by atoms with Gasteiger partial charge in [-0.1, -0.05) is 35.9 Å². The number of hydrogen-bond donors (Lipinski definition) is 1. The van der Waals surface area contributed by atoms with Crippen LogP contribution in [0.5, 0.6) is 0 Å². The monoisotopic (exact) mass is 358 g/mol. The van der Waals surface area contributed by atoms with Gasteiger partial charge < -0.3 is 14.3 Å². The van der Waals surface area contributed by atoms with Crippen molar-refractivity contribution in [1.29, 1.82) is 0 Å². The number of anilines is 1. The van der Waals surface area contributed by atoms with Crippen LogP contribution in [0.4, 0.5) is 5.69 Å². The largest absolute Gasteiger partial charge is 0.463 e. The summed E-state index contributed by atoms with van der Waals surface area (Å²) in [6.45, 7) is 6.77. The first-order valence-corrected chi connectivity index (χ1v) is 9.02. The minimum atomic E-state index is -0.142. The average Bonchev–Trinajstić information content (AvgIpc) is 3.23. The van der Waals surface area contributed by atoms with Crippen molar-refractivity contribution in [3.8, 4) is 0 Å². The van der Waals surface area contributed by atoms with Gasteiger partial charge in [0.2, 0.25) is 0 Å². The van der Waals surface area contributed by atoms with Gasteiger partial charge in [0.25, 0.3) is 5.91 Å². The van der Waals surface area contributed by atoms with Gasteiger partial charge in [-0.15, -0.1) is 0 Å². The lowest BCUT2D eigenvalue weighted by Crippen LogP contribution is -2.17. The molecular formula is C23H22N2O2. The molecular weight excluding hydrogens is 336 g/mol. The molecule has 0 bridgehead atoms. The van der Waals surface area contributed by atoms with Gasteiger partial charge in [0.1, 0.15) is 5.69 Å². The van der Waals surface area contributed by atoms with Crippen LogP contribution >= 0.6 is 0 Å². The Bertz CT molecular complexity index is 1120. The first-order chi connectivity index (χ1) is 13.0. The number of benzene rings is 2. The molecule has 0 radical (unpaired) electrons. The molecule has 2 aromatic carbocycles. The normalized spacial score (nSPS) is 11.1. The summed E-state index contributed by atoms with van der Waals surface area (Å²) < 4.78 is 7.53. The Morgan fingerprint density at radius 2 is 1.74 bits per heavy atom. The van der Waals surface area contributed by atoms with Crippen molar-refractivity contribution in [2.75, 3.05) is 5.32 Å². The van der Waals surface area contributed by atoms with Crippen LogP contribution in [0.2, 0.25) is 0 Å². The fraction of sp³-hybridized carbons (Fsp3) is 0.174. The third-order valence-electron chi connectivity index (χ3n) is 4.98. The predicted octanol–water partition coefficient (Wildman–Crippen LogP) is 5.46. The summed E-state index contributed by atoms with van der Waals surface area (Å²) in [7, 11) is 0. The number of amides is 1. The Kier molecular flexibility index (Phi) is 4.32. The van der Waals surface area contributed by atoms with Gasteiger partial charge in [0.15, 0.2) is 5.58 Å². The number of fused-ring (bicyclic) bond motifs is 1. The van der Waals surface area contributed by atoms with Crippen LogP contribution in [0.25, 0.3) is 11.1 Å². The second kappa shape index (κ2) is 6.80. The molecule has 0 saturated heterocycles. The van der Waals surface area contributed by atoms with Crippen LogP contribution in [0.1, 0.15) is 32.7 Å². The summed E-state index contributed by atoms with van der Waals surface area (Å²) in [5.74, 6) is -0.142. The Balaban J connectivity index is 1.68. The van der Waals surface area contributed by atoms with Crippen molar-refractivity contribution in [2.45, 2.75) is 27.3 Å². The van der Waals surface area contributed by atoms with Crippen LogP contribution in [-0.2, 0) is 6.54 Å². The first-order valence-electron chi connectivity index (χ1n) is 9.02. The zero-order valence-corrected chi connectivity index (χ0v) is 15.7. The fourth-order valence-electron chi connectivity index (χ4n) is 3.23. The van der Waals surface area contributed by atoms with E-state index < -0.39 is 0 Å². The molecule has 0 spiro atoms. The summed E-state index contributed by atoms with van der Waals surface area (Å²) in [6.07, 6.45) is 1.65. The molecule has 0 aliphatic heterocycles. The number of nitrogens with one attached hydrogen (secondary N) is 1. The quantitative estimate of drug-likeness (QED) is 0.526. The third-order valence-corrected chi connectivity index (χ3v) is 4.98. The van der Waals surface area contributed by atoms with Crippen LogP contribution < -0.4 is 5.32 Å². The van der Waals surface area contributed by atoms with Crippen molar-refractivity contribution in [2.24, 2.45) is 0 Å². The summed E-state index contributed by atoms with van der Waals surface area (Å²) in [4.78, 5) is 13.0. The van der Waals surface area contributed by atoms with Gasteiger partial charge in [-0.2, -0.15) is 0 Å². The van der Waals surface area contributed by atoms with E-state index in [1.165, 1.54) is 11.1 Å². The van der Waals surface area contributed by atoms with E-state index in [-0.39, 0.29) is 5.91 Å². The van der Waals surface area contributed by atoms with E-state index in [1.807, 2.05) is 35.8 Å². The van der Waals surface area contributed by atoms with E-state index in [1.54, 1.807) is 12.3 Å². The second-order valence-electron chi connectivity index (χ2n) is 7.02. The van der Waals surface area contributed by atoms with Gasteiger partial charge in [-0.05, 0) is 49.6 Å². The molecule has 0 aliphatic rings. The van der Waals surface area contributed by atoms with E-state index in [4.69, 9.17) is 4.42 Å². The molecule has 27 heavy (non-hydrogen) atoms. The highest BCUT2D eigenvalue weighted by Gasteiger charge is 2.18. The number of aromatic nitrogens is 1. The van der Waals surface area contributed by atoms with Crippen molar-refractivity contribution < 1.29 is 9.21 Å². The van der Waals surface area contributed by atoms with E-state index in [0.29, 0.717) is 17.8 Å². The molecule has 0 atom stereocenters. The smallest absolute Gasteiger partial charge is 0.272 e. The summed E-state index contributed by atoms with van der Waals surface area (Å²) in [5, 5.41) is 3.01. The van der Waals surface area contributed by atoms with Crippen molar-refractivity contribution in [3.63, 3.8) is 0 Å². The number of hydrogen-bond acceptors (Lipinski definition) is 2. The minimum Gasteiger partial charge on any atom is -0.463 e. The lowest BCUT2D eigenvalue weighted by molar-refractivity contribution is 0.101. The topological polar surface area (TPSA) is 47.2 Å². The molecule has 4 aromatic rings. The Labute approximate surface area is 158 Å². The fourth-order valence-corrected chi connectivity index (χ4v) is 3.23. The van der Waals surface area contributed by atoms with Crippen LogP contribution in [0.3, 0.4) is 0 Å². The van der Waals surface area contributed by atoms with Crippen LogP contribution in [0.15, 0.2) is 65.3 Å². The zero-order chi connectivity index (χ0) is 19.0. The number of carbonyl (C=O) groups is 1. The van der Waals surface area contributed by atoms with Gasteiger partial charge in [0.05, 0.1) is 11.8 Å². The lowest BCUT2D eigenvalue weighted by Gasteiger charge is -2.12. The Morgan fingerprint density at radius 1 is 0.963 bits per heavy atom. The number of rotatable bonds is 4. The molecule has 0 fully saturated rings. The first kappa shape index (κ1) is 17.2. The molecule has 2 heterocycles. The molecule has 0 unspecified atom stereocenters. The molecule has 4 nitrogen and oxygen atoms in total. The van der Waals surface area contributed by atoms with Crippen LogP contribution in [0, 0.1) is 20.8 Å². The number of carbonyl (C=O) groups excluding carboxylic acids is 1. The van der Waals surface area contributed by atoms with Gasteiger partial charge in [0, 0.05) is 24.4 Å². The molecule has 4 heteroatoms. The molecule has 0 saturated carbocycles. The highest BCUT2D eigenvalue weighted by atomic mass is 16.3. The predicted molar refractivity (Wildman–Crippen MR) is 108 cm³/mol. The van der Waals surface area contributed by atoms with Gasteiger partial charge >= 0.3 is 0 Å². The molecule has 2 aromatic heterocycles. The number of nitrogens with zero attached hydrogens (tertiary/aromatic N) is 1. The maximum atomic E-state index is 13.0. The number of aryl methyl sites for hydroxylation is 3.